The van der Waals surface area contributed by atoms with Gasteiger partial charge in [0, 0.05) is 24.6 Å². The molecule has 23 heavy (non-hydrogen) atoms. The fourth-order valence-corrected chi connectivity index (χ4v) is 2.47. The Balaban J connectivity index is 0.00000264. The number of nitrogens with zero attached hydrogens (tertiary/aromatic N) is 1. The van der Waals surface area contributed by atoms with Gasteiger partial charge in [0.15, 0.2) is 5.96 Å². The van der Waals surface area contributed by atoms with Crippen LogP contribution in [0.15, 0.2) is 58.0 Å². The molecule has 6 heteroatoms. The van der Waals surface area contributed by atoms with Gasteiger partial charge in [0.05, 0.1) is 7.11 Å². The topological polar surface area (TPSA) is 45.7 Å². The molecule has 0 aliphatic carbocycles. The first kappa shape index (κ1) is 19.8. The summed E-state index contributed by atoms with van der Waals surface area (Å²) in [7, 11) is 3.44. The van der Waals surface area contributed by atoms with E-state index in [9.17, 15) is 0 Å². The van der Waals surface area contributed by atoms with E-state index >= 15 is 0 Å². The Kier molecular flexibility index (Phi) is 9.01. The van der Waals surface area contributed by atoms with Crippen molar-refractivity contribution in [1.82, 2.24) is 10.6 Å². The highest BCUT2D eigenvalue weighted by Crippen LogP contribution is 2.12. The number of guanidine groups is 1. The van der Waals surface area contributed by atoms with E-state index in [2.05, 4.69) is 49.8 Å². The molecule has 0 saturated heterocycles. The maximum atomic E-state index is 5.23. The molecule has 0 aliphatic rings. The number of methoxy groups -OCH3 is 1. The summed E-state index contributed by atoms with van der Waals surface area (Å²) in [6.07, 6.45) is 0. The Morgan fingerprint density at radius 3 is 2.22 bits per heavy atom. The minimum atomic E-state index is 0. The van der Waals surface area contributed by atoms with Gasteiger partial charge in [-0.25, -0.2) is 0 Å². The summed E-state index contributed by atoms with van der Waals surface area (Å²) in [4.78, 5) is 4.23. The minimum Gasteiger partial charge on any atom is -0.497 e. The lowest BCUT2D eigenvalue weighted by Gasteiger charge is -2.12. The third-order valence-corrected chi connectivity index (χ3v) is 3.66. The zero-order chi connectivity index (χ0) is 15.8. The van der Waals surface area contributed by atoms with E-state index in [1.807, 2.05) is 30.3 Å². The summed E-state index contributed by atoms with van der Waals surface area (Å²) in [6.45, 7) is 1.41. The highest BCUT2D eigenvalue weighted by atomic mass is 127. The molecule has 2 N–H and O–H groups in total. The Labute approximate surface area is 162 Å². The lowest BCUT2D eigenvalue weighted by atomic mass is 10.2. The number of halogens is 2. The van der Waals surface area contributed by atoms with Crippen LogP contribution in [0.1, 0.15) is 11.1 Å². The van der Waals surface area contributed by atoms with Crippen LogP contribution in [0, 0.1) is 0 Å². The van der Waals surface area contributed by atoms with Gasteiger partial charge < -0.3 is 15.4 Å². The summed E-state index contributed by atoms with van der Waals surface area (Å²) in [5.74, 6) is 1.62. The zero-order valence-corrected chi connectivity index (χ0v) is 17.1. The van der Waals surface area contributed by atoms with Gasteiger partial charge in [-0.1, -0.05) is 40.2 Å². The average molecular weight is 490 g/mol. The second kappa shape index (κ2) is 10.5. The van der Waals surface area contributed by atoms with Crippen molar-refractivity contribution in [3.05, 3.63) is 64.1 Å². The van der Waals surface area contributed by atoms with Crippen molar-refractivity contribution in [3.63, 3.8) is 0 Å². The fraction of sp³-hybridized carbons (Fsp3) is 0.235. The lowest BCUT2D eigenvalue weighted by molar-refractivity contribution is 0.414. The van der Waals surface area contributed by atoms with Gasteiger partial charge >= 0.3 is 0 Å². The first-order valence-electron chi connectivity index (χ1n) is 7.03. The average Bonchev–Trinajstić information content (AvgIpc) is 2.55. The van der Waals surface area contributed by atoms with Crippen molar-refractivity contribution in [1.29, 1.82) is 0 Å². The second-order valence-electron chi connectivity index (χ2n) is 4.76. The monoisotopic (exact) mass is 489 g/mol. The Morgan fingerprint density at radius 1 is 1.04 bits per heavy atom. The summed E-state index contributed by atoms with van der Waals surface area (Å²) >= 11 is 3.48. The van der Waals surface area contributed by atoms with E-state index in [1.165, 1.54) is 5.56 Å². The number of ether oxygens (including phenoxy) is 1. The molecule has 0 saturated carbocycles. The molecule has 0 heterocycles. The molecule has 0 aromatic heterocycles. The smallest absolute Gasteiger partial charge is 0.191 e. The fourth-order valence-electron chi connectivity index (χ4n) is 2.02. The molecule has 0 unspecified atom stereocenters. The number of hydrogen-bond acceptors (Lipinski definition) is 2. The molecule has 0 radical (unpaired) electrons. The molecular weight excluding hydrogens is 469 g/mol. The molecule has 0 spiro atoms. The normalized spacial score (nSPS) is 10.7. The van der Waals surface area contributed by atoms with Crippen LogP contribution in [-0.4, -0.2) is 20.1 Å². The van der Waals surface area contributed by atoms with E-state index in [0.29, 0.717) is 6.54 Å². The Bertz CT molecular complexity index is 649. The summed E-state index contributed by atoms with van der Waals surface area (Å²) < 4.78 is 6.30. The number of hydrogen-bond donors (Lipinski definition) is 2. The summed E-state index contributed by atoms with van der Waals surface area (Å²) in [5, 5.41) is 6.59. The molecule has 4 nitrogen and oxygen atoms in total. The quantitative estimate of drug-likeness (QED) is 0.380. The van der Waals surface area contributed by atoms with Crippen molar-refractivity contribution in [3.8, 4) is 5.75 Å². The maximum absolute atomic E-state index is 5.23. The second-order valence-corrected chi connectivity index (χ2v) is 5.68. The van der Waals surface area contributed by atoms with Crippen LogP contribution in [0.25, 0.3) is 0 Å². The molecule has 0 amide bonds. The predicted octanol–water partition coefficient (Wildman–Crippen LogP) is 3.94. The van der Waals surface area contributed by atoms with Gasteiger partial charge in [-0.3, -0.25) is 4.99 Å². The van der Waals surface area contributed by atoms with Crippen molar-refractivity contribution >= 4 is 45.9 Å². The van der Waals surface area contributed by atoms with Gasteiger partial charge in [0.1, 0.15) is 5.75 Å². The van der Waals surface area contributed by atoms with Gasteiger partial charge in [-0.2, -0.15) is 0 Å². The van der Waals surface area contributed by atoms with Crippen LogP contribution < -0.4 is 15.4 Å². The van der Waals surface area contributed by atoms with E-state index in [0.717, 1.165) is 28.3 Å². The third-order valence-electron chi connectivity index (χ3n) is 3.17. The summed E-state index contributed by atoms with van der Waals surface area (Å²) in [5.41, 5.74) is 2.34. The van der Waals surface area contributed by atoms with Crippen LogP contribution >= 0.6 is 39.9 Å². The molecule has 0 atom stereocenters. The van der Waals surface area contributed by atoms with Crippen LogP contribution in [-0.2, 0) is 13.1 Å². The molecule has 0 aliphatic heterocycles. The van der Waals surface area contributed by atoms with Crippen molar-refractivity contribution in [2.24, 2.45) is 4.99 Å². The number of aliphatic imine (C=N–C) groups is 1. The molecule has 0 bridgehead atoms. The minimum absolute atomic E-state index is 0. The third kappa shape index (κ3) is 6.78. The highest BCUT2D eigenvalue weighted by molar-refractivity contribution is 14.0. The van der Waals surface area contributed by atoms with Crippen molar-refractivity contribution < 1.29 is 4.74 Å². The maximum Gasteiger partial charge on any atom is 0.191 e. The van der Waals surface area contributed by atoms with Gasteiger partial charge in [0.2, 0.25) is 0 Å². The van der Waals surface area contributed by atoms with Crippen LogP contribution in [0.2, 0.25) is 0 Å². The highest BCUT2D eigenvalue weighted by Gasteiger charge is 2.00. The molecule has 2 rings (SSSR count). The molecule has 0 fully saturated rings. The van der Waals surface area contributed by atoms with E-state index in [1.54, 1.807) is 14.2 Å². The van der Waals surface area contributed by atoms with Crippen LogP contribution in [0.5, 0.6) is 5.75 Å². The van der Waals surface area contributed by atoms with Gasteiger partial charge in [-0.05, 0) is 35.4 Å². The number of rotatable bonds is 5. The van der Waals surface area contributed by atoms with Crippen LogP contribution in [0.3, 0.4) is 0 Å². The summed E-state index contributed by atoms with van der Waals surface area (Å²) in [6, 6.07) is 16.2. The SMILES string of the molecule is CN=C(NCc1cccc(Br)c1)NCc1cccc(OC)c1.I. The van der Waals surface area contributed by atoms with Crippen molar-refractivity contribution in [2.75, 3.05) is 14.2 Å². The van der Waals surface area contributed by atoms with Gasteiger partial charge in [0.25, 0.3) is 0 Å². The lowest BCUT2D eigenvalue weighted by Crippen LogP contribution is -2.36. The van der Waals surface area contributed by atoms with E-state index < -0.39 is 0 Å². The van der Waals surface area contributed by atoms with Crippen LogP contribution in [0.4, 0.5) is 0 Å². The largest absolute Gasteiger partial charge is 0.497 e. The Hall–Kier alpha value is -1.28. The molecular formula is C17H21BrIN3O. The number of nitrogens with one attached hydrogen (secondary N) is 2. The Morgan fingerprint density at radius 2 is 1.65 bits per heavy atom. The van der Waals surface area contributed by atoms with Crippen molar-refractivity contribution in [2.45, 2.75) is 13.1 Å². The first-order valence-corrected chi connectivity index (χ1v) is 7.82. The molecule has 2 aromatic carbocycles. The van der Waals surface area contributed by atoms with Gasteiger partial charge in [-0.15, -0.1) is 24.0 Å². The molecule has 2 aromatic rings. The van der Waals surface area contributed by atoms with E-state index in [4.69, 9.17) is 4.74 Å². The van der Waals surface area contributed by atoms with E-state index in [-0.39, 0.29) is 24.0 Å². The first-order chi connectivity index (χ1) is 10.7. The molecule has 124 valence electrons. The zero-order valence-electron chi connectivity index (χ0n) is 13.2. The number of benzene rings is 2. The predicted molar refractivity (Wildman–Crippen MR) is 110 cm³/mol. The standard InChI is InChI=1S/C17H20BrN3O.HI/c1-19-17(20-11-13-5-3-7-15(18)9-13)21-12-14-6-4-8-16(10-14)22-2;/h3-10H,11-12H2,1-2H3,(H2,19,20,21);1H.